The van der Waals surface area contributed by atoms with Crippen LogP contribution in [0.2, 0.25) is 0 Å². The van der Waals surface area contributed by atoms with Gasteiger partial charge in [0.05, 0.1) is 4.90 Å². The zero-order valence-electron chi connectivity index (χ0n) is 11.4. The number of sulfonamides is 1. The van der Waals surface area contributed by atoms with Gasteiger partial charge in [0.2, 0.25) is 0 Å². The van der Waals surface area contributed by atoms with Gasteiger partial charge in [-0.3, -0.25) is 0 Å². The van der Waals surface area contributed by atoms with E-state index in [9.17, 15) is 8.42 Å². The van der Waals surface area contributed by atoms with Crippen molar-refractivity contribution in [2.24, 2.45) is 3.77 Å². The third-order valence-corrected chi connectivity index (χ3v) is 6.03. The van der Waals surface area contributed by atoms with E-state index in [-0.39, 0.29) is 4.90 Å². The van der Waals surface area contributed by atoms with E-state index in [2.05, 4.69) is 37.5 Å². The average molecular weight is 434 g/mol. The van der Waals surface area contributed by atoms with E-state index in [0.29, 0.717) is 0 Å². The normalized spacial score (nSPS) is 12.4. The third-order valence-electron chi connectivity index (χ3n) is 2.55. The number of halogens is 1. The van der Waals surface area contributed by atoms with Crippen molar-refractivity contribution in [2.75, 3.05) is 6.26 Å². The molecule has 0 saturated carbocycles. The van der Waals surface area contributed by atoms with Crippen molar-refractivity contribution in [1.82, 2.24) is 0 Å². The minimum atomic E-state index is -3.60. The van der Waals surface area contributed by atoms with Crippen LogP contribution < -0.4 is 0 Å². The topological polar surface area (TPSA) is 46.5 Å². The molecule has 0 fully saturated rings. The number of hydrogen-bond donors (Lipinski definition) is 0. The Morgan fingerprint density at radius 2 is 1.81 bits per heavy atom. The van der Waals surface area contributed by atoms with E-state index in [1.54, 1.807) is 42.7 Å². The van der Waals surface area contributed by atoms with Gasteiger partial charge in [-0.15, -0.1) is 14.5 Å². The first-order chi connectivity index (χ1) is 9.99. The molecule has 2 aromatic carbocycles. The zero-order chi connectivity index (χ0) is 15.9. The Bertz CT molecular complexity index is 702. The molecule has 0 aromatic heterocycles. The summed E-state index contributed by atoms with van der Waals surface area (Å²) >= 11 is 2.22. The van der Waals surface area contributed by atoms with Gasteiger partial charge in [-0.25, -0.2) is 0 Å². The van der Waals surface area contributed by atoms with Gasteiger partial charge in [-0.05, 0) is 25.3 Å². The number of nitrogens with zero attached hydrogens (tertiary/aromatic N) is 1. The number of rotatable bonds is 3. The van der Waals surface area contributed by atoms with Gasteiger partial charge in [-0.1, -0.05) is 22.6 Å². The van der Waals surface area contributed by atoms with Crippen LogP contribution in [0.25, 0.3) is 0 Å². The van der Waals surface area contributed by atoms with E-state index in [1.807, 2.05) is 19.1 Å². The molecule has 0 aliphatic rings. The number of aryl methyl sites for hydroxylation is 1. The van der Waals surface area contributed by atoms with Crippen molar-refractivity contribution in [3.05, 3.63) is 60.2 Å². The van der Waals surface area contributed by atoms with Gasteiger partial charge >= 0.3 is 27.7 Å². The van der Waals surface area contributed by atoms with Crippen molar-refractivity contribution in [3.8, 4) is 0 Å². The first-order valence-corrected chi connectivity index (χ1v) is 10.8. The van der Waals surface area contributed by atoms with Crippen molar-refractivity contribution < 1.29 is 26.6 Å². The summed E-state index contributed by atoms with van der Waals surface area (Å²) in [6.07, 6.45) is 1.79. The molecule has 0 saturated heterocycles. The van der Waals surface area contributed by atoms with Gasteiger partial charge in [0, 0.05) is 0 Å². The molecule has 2 aromatic rings. The number of hydrogen-bond acceptors (Lipinski definition) is 2. The van der Waals surface area contributed by atoms with E-state index in [0.717, 1.165) is 10.5 Å². The quantitative estimate of drug-likeness (QED) is 0.547. The molecule has 2 rings (SSSR count). The molecule has 0 aliphatic heterocycles. The molecule has 1 unspecified atom stereocenters. The fourth-order valence-corrected chi connectivity index (χ4v) is 4.36. The SMILES string of the molecule is Cc1ccc(S(=O)(=O)/N=S(\C)c2c[c-]ccc2)cc1.[Cl][Pd+]. The summed E-state index contributed by atoms with van der Waals surface area (Å²) in [5.41, 5.74) is 1.02. The van der Waals surface area contributed by atoms with Crippen molar-refractivity contribution in [1.29, 1.82) is 0 Å². The Kier molecular flexibility index (Phi) is 7.79. The Morgan fingerprint density at radius 1 is 1.19 bits per heavy atom. The summed E-state index contributed by atoms with van der Waals surface area (Å²) in [4.78, 5) is 1.09. The maximum absolute atomic E-state index is 12.2. The predicted octanol–water partition coefficient (Wildman–Crippen LogP) is 3.66. The Morgan fingerprint density at radius 3 is 2.33 bits per heavy atom. The second-order valence-corrected chi connectivity index (χ2v) is 7.52. The van der Waals surface area contributed by atoms with Crippen LogP contribution in [-0.4, -0.2) is 14.7 Å². The van der Waals surface area contributed by atoms with Crippen LogP contribution in [0, 0.1) is 13.0 Å². The fraction of sp³-hybridized carbons (Fsp3) is 0.143. The molecule has 0 heterocycles. The summed E-state index contributed by atoms with van der Waals surface area (Å²) in [6.45, 7) is 1.91. The van der Waals surface area contributed by atoms with Gasteiger partial charge in [0.25, 0.3) is 10.0 Å². The van der Waals surface area contributed by atoms with E-state index >= 15 is 0 Å². The van der Waals surface area contributed by atoms with Crippen molar-refractivity contribution >= 4 is 30.2 Å². The molecule has 0 radical (unpaired) electrons. The summed E-state index contributed by atoms with van der Waals surface area (Å²) in [6, 6.07) is 16.9. The second-order valence-electron chi connectivity index (χ2n) is 4.08. The summed E-state index contributed by atoms with van der Waals surface area (Å²) in [7, 11) is 0.185. The zero-order valence-corrected chi connectivity index (χ0v) is 15.3. The van der Waals surface area contributed by atoms with Crippen LogP contribution in [0.4, 0.5) is 0 Å². The Labute approximate surface area is 143 Å². The molecule has 0 N–H and O–H groups in total. The summed E-state index contributed by atoms with van der Waals surface area (Å²) in [5, 5.41) is 0. The molecule has 1 atom stereocenters. The molecular weight excluding hydrogens is 420 g/mol. The third kappa shape index (κ3) is 5.65. The van der Waals surface area contributed by atoms with Gasteiger partial charge in [0.1, 0.15) is 0 Å². The molecule has 0 bridgehead atoms. The van der Waals surface area contributed by atoms with Crippen molar-refractivity contribution in [3.63, 3.8) is 0 Å². The maximum atomic E-state index is 12.2. The second kappa shape index (κ2) is 8.82. The molecule has 0 spiro atoms. The van der Waals surface area contributed by atoms with Crippen molar-refractivity contribution in [2.45, 2.75) is 16.7 Å². The first kappa shape index (κ1) is 18.5. The van der Waals surface area contributed by atoms with Crippen LogP contribution in [0.5, 0.6) is 0 Å². The van der Waals surface area contributed by atoms with E-state index in [4.69, 9.17) is 0 Å². The van der Waals surface area contributed by atoms with Gasteiger partial charge in [0.15, 0.2) is 0 Å². The van der Waals surface area contributed by atoms with Crippen LogP contribution >= 0.6 is 9.53 Å². The molecule has 116 valence electrons. The van der Waals surface area contributed by atoms with Crippen LogP contribution in [0.3, 0.4) is 0 Å². The molecule has 7 heteroatoms. The molecule has 0 aliphatic carbocycles. The standard InChI is InChI=1S/C14H14NO2S2.ClH.Pd/c1-12-8-10-14(11-9-12)19(16,17)15-18(2)13-6-4-3-5-7-13;;/h3-4,6-11H,1-2H3;1H;/q-1;;+2/p-1. The first-order valence-electron chi connectivity index (χ1n) is 5.78. The predicted molar refractivity (Wildman–Crippen MR) is 83.5 cm³/mol. The van der Waals surface area contributed by atoms with Crippen LogP contribution in [0.1, 0.15) is 5.56 Å². The Hall–Kier alpha value is -0.508. The van der Waals surface area contributed by atoms with E-state index in [1.165, 1.54) is 0 Å². The van der Waals surface area contributed by atoms with Gasteiger partial charge < -0.3 is 0 Å². The monoisotopic (exact) mass is 433 g/mol. The number of benzene rings is 2. The fourth-order valence-electron chi connectivity index (χ4n) is 1.50. The van der Waals surface area contributed by atoms with Crippen LogP contribution in [-0.2, 0) is 38.9 Å². The average Bonchev–Trinajstić information content (AvgIpc) is 2.50. The van der Waals surface area contributed by atoms with Crippen LogP contribution in [0.15, 0.2) is 62.1 Å². The summed E-state index contributed by atoms with van der Waals surface area (Å²) < 4.78 is 28.3. The molecule has 0 amide bonds. The minimum absolute atomic E-state index is 0.234. The Balaban J connectivity index is 0.00000106. The molecule has 21 heavy (non-hydrogen) atoms. The summed E-state index contributed by atoms with van der Waals surface area (Å²) in [5.74, 6) is 0. The van der Waals surface area contributed by atoms with E-state index < -0.39 is 20.7 Å². The van der Waals surface area contributed by atoms with Gasteiger partial charge in [-0.2, -0.15) is 38.7 Å². The molecule has 3 nitrogen and oxygen atoms in total. The molecular formula is C14H14ClNO2PdS2.